The molecule has 0 aromatic carbocycles. The minimum Gasteiger partial charge on any atom is -0.481 e. The van der Waals surface area contributed by atoms with Gasteiger partial charge in [-0.05, 0) is 131 Å². The smallest absolute Gasteiger partial charge is 0.315 e. The van der Waals surface area contributed by atoms with Gasteiger partial charge in [-0.15, -0.1) is 0 Å². The Bertz CT molecular complexity index is 1370. The Morgan fingerprint density at radius 2 is 1.60 bits per heavy atom. The molecular formula is C47H77N3O5. The van der Waals surface area contributed by atoms with Crippen molar-refractivity contribution in [3.8, 4) is 0 Å². The molecule has 8 heteroatoms. The molecule has 3 heterocycles. The molecule has 3 N–H and O–H groups in total. The highest BCUT2D eigenvalue weighted by atomic mass is 16.5. The molecule has 4 bridgehead atoms. The van der Waals surface area contributed by atoms with E-state index in [0.717, 1.165) is 82.4 Å². The number of aldehydes is 1. The van der Waals surface area contributed by atoms with Gasteiger partial charge in [0.25, 0.3) is 0 Å². The van der Waals surface area contributed by atoms with Gasteiger partial charge in [-0.1, -0.05) is 90.2 Å². The summed E-state index contributed by atoms with van der Waals surface area (Å²) in [5.74, 6) is 3.42. The summed E-state index contributed by atoms with van der Waals surface area (Å²) < 4.78 is 7.45. The lowest BCUT2D eigenvalue weighted by Gasteiger charge is -2.60. The number of ether oxygens (including phenoxy) is 1. The molecule has 310 valence electrons. The molecule has 0 aromatic rings. The van der Waals surface area contributed by atoms with Crippen molar-refractivity contribution in [1.29, 1.82) is 0 Å². The van der Waals surface area contributed by atoms with E-state index >= 15 is 0 Å². The SMILES string of the molecule is CC(C)C1=CC2CC3(C=O)[C@@H]4CC[C@@H](C)[C@H]4CC2([C@H]2CC(C4CCCCC4)[C@H](CNCCN4CCC(CCCC5CCN(CCO)CC5)CC4)O2)[C@]13C(=O)O. The molecule has 3 aliphatic heterocycles. The maximum absolute atomic E-state index is 14.2. The average molecular weight is 764 g/mol. The number of carboxylic acids is 1. The summed E-state index contributed by atoms with van der Waals surface area (Å²) in [6.45, 7) is 15.5. The molecule has 0 amide bonds. The van der Waals surface area contributed by atoms with Crippen molar-refractivity contribution >= 4 is 12.3 Å². The highest BCUT2D eigenvalue weighted by Crippen LogP contribution is 2.84. The number of carbonyl (C=O) groups is 2. The van der Waals surface area contributed by atoms with Gasteiger partial charge in [-0.25, -0.2) is 0 Å². The number of hydrogen-bond acceptors (Lipinski definition) is 7. The molecule has 3 saturated heterocycles. The van der Waals surface area contributed by atoms with E-state index in [1.807, 2.05) is 0 Å². The van der Waals surface area contributed by atoms with Crippen LogP contribution in [-0.2, 0) is 14.3 Å². The lowest BCUT2D eigenvalue weighted by atomic mass is 9.41. The quantitative estimate of drug-likeness (QED) is 0.0848. The molecule has 5 aliphatic carbocycles. The van der Waals surface area contributed by atoms with E-state index in [9.17, 15) is 19.8 Å². The first-order valence-corrected chi connectivity index (χ1v) is 23.5. The summed E-state index contributed by atoms with van der Waals surface area (Å²) >= 11 is 0. The Labute approximate surface area is 333 Å². The number of aliphatic carboxylic acids is 1. The van der Waals surface area contributed by atoms with Gasteiger partial charge in [0, 0.05) is 31.6 Å². The zero-order valence-electron chi connectivity index (χ0n) is 34.9. The first-order chi connectivity index (χ1) is 26.7. The standard InChI is InChI=1S/C47H77N3O5/c1-32(2)41-26-37-28-45(31-52)40-13-12-33(3)39(40)29-46(37,47(41,45)44(53)54)43-27-38(36-10-5-4-6-11-36)42(55-43)30-48-18-23-49-19-14-34(15-20-49)8-7-9-35-16-21-50(22-17-35)24-25-51/h26,31-40,42-43,48,51H,4-25,27-30H2,1-3H3,(H,53,54)/t33-,37?,38?,39-,40-,42+,43-,45?,46?,47+/m1/s1. The zero-order valence-corrected chi connectivity index (χ0v) is 34.9. The van der Waals surface area contributed by atoms with Crippen molar-refractivity contribution in [3.05, 3.63) is 11.6 Å². The lowest BCUT2D eigenvalue weighted by molar-refractivity contribution is -0.197. The van der Waals surface area contributed by atoms with Crippen LogP contribution in [0, 0.1) is 69.5 Å². The number of rotatable bonds is 16. The van der Waals surface area contributed by atoms with Crippen molar-refractivity contribution in [3.63, 3.8) is 0 Å². The summed E-state index contributed by atoms with van der Waals surface area (Å²) in [5, 5.41) is 24.8. The summed E-state index contributed by atoms with van der Waals surface area (Å²) in [7, 11) is 0. The van der Waals surface area contributed by atoms with Gasteiger partial charge < -0.3 is 34.9 Å². The first-order valence-electron chi connectivity index (χ1n) is 23.5. The predicted octanol–water partition coefficient (Wildman–Crippen LogP) is 7.44. The number of aliphatic hydroxyl groups is 1. The molecule has 7 fully saturated rings. The van der Waals surface area contributed by atoms with Crippen molar-refractivity contribution in [2.75, 3.05) is 59.0 Å². The number of allylic oxidation sites excluding steroid dienone is 1. The number of aliphatic hydroxyl groups excluding tert-OH is 1. The van der Waals surface area contributed by atoms with Crippen LogP contribution in [0.5, 0.6) is 0 Å². The Hall–Kier alpha value is -1.32. The number of piperidine rings is 2. The highest BCUT2D eigenvalue weighted by Gasteiger charge is 2.86. The molecule has 55 heavy (non-hydrogen) atoms. The number of carbonyl (C=O) groups excluding carboxylic acids is 1. The topological polar surface area (TPSA) is 102 Å². The van der Waals surface area contributed by atoms with Gasteiger partial charge in [0.15, 0.2) is 0 Å². The fourth-order valence-electron chi connectivity index (χ4n) is 15.5. The number of hydrogen-bond donors (Lipinski definition) is 3. The summed E-state index contributed by atoms with van der Waals surface area (Å²) in [4.78, 5) is 33.0. The van der Waals surface area contributed by atoms with E-state index in [4.69, 9.17) is 4.74 Å². The van der Waals surface area contributed by atoms with Crippen LogP contribution in [-0.4, -0.2) is 103 Å². The normalized spacial score (nSPS) is 41.6. The Morgan fingerprint density at radius 3 is 2.22 bits per heavy atom. The molecule has 4 unspecified atom stereocenters. The van der Waals surface area contributed by atoms with Crippen molar-refractivity contribution in [2.45, 2.75) is 142 Å². The number of carboxylic acid groups (broad SMARTS) is 1. The maximum atomic E-state index is 14.2. The minimum atomic E-state index is -1.15. The molecule has 0 spiro atoms. The number of nitrogens with zero attached hydrogens (tertiary/aromatic N) is 2. The van der Waals surface area contributed by atoms with Crippen molar-refractivity contribution in [1.82, 2.24) is 15.1 Å². The van der Waals surface area contributed by atoms with Crippen LogP contribution >= 0.6 is 0 Å². The Balaban J connectivity index is 0.896. The highest BCUT2D eigenvalue weighted by molar-refractivity contribution is 5.90. The number of nitrogens with one attached hydrogen (secondary N) is 1. The van der Waals surface area contributed by atoms with E-state index in [1.54, 1.807) is 0 Å². The molecule has 8 nitrogen and oxygen atoms in total. The molecule has 10 atom stereocenters. The van der Waals surface area contributed by atoms with Crippen LogP contribution in [0.15, 0.2) is 11.6 Å². The second-order valence-electron chi connectivity index (χ2n) is 20.8. The van der Waals surface area contributed by atoms with Gasteiger partial charge in [0.05, 0.1) is 24.2 Å². The Morgan fingerprint density at radius 1 is 0.927 bits per heavy atom. The molecule has 4 saturated carbocycles. The number of likely N-dealkylation sites (tertiary alicyclic amines) is 2. The van der Waals surface area contributed by atoms with Crippen LogP contribution in [0.2, 0.25) is 0 Å². The second-order valence-corrected chi connectivity index (χ2v) is 20.8. The van der Waals surface area contributed by atoms with Gasteiger partial charge in [0.1, 0.15) is 11.7 Å². The van der Waals surface area contributed by atoms with Gasteiger partial charge in [0.2, 0.25) is 0 Å². The lowest BCUT2D eigenvalue weighted by Crippen LogP contribution is -2.65. The summed E-state index contributed by atoms with van der Waals surface area (Å²) in [5.41, 5.74) is -1.47. The number of fused-ring (bicyclic) bond motifs is 2. The average Bonchev–Trinajstić information content (AvgIpc) is 3.92. The van der Waals surface area contributed by atoms with Crippen LogP contribution in [0.3, 0.4) is 0 Å². The molecule has 8 rings (SSSR count). The van der Waals surface area contributed by atoms with Crippen LogP contribution in [0.25, 0.3) is 0 Å². The Kier molecular flexibility index (Phi) is 12.3. The van der Waals surface area contributed by atoms with Crippen molar-refractivity contribution in [2.24, 2.45) is 69.5 Å². The van der Waals surface area contributed by atoms with Crippen molar-refractivity contribution < 1.29 is 24.5 Å². The molecule has 0 aromatic heterocycles. The van der Waals surface area contributed by atoms with Crippen LogP contribution in [0.1, 0.15) is 130 Å². The van der Waals surface area contributed by atoms with E-state index in [-0.39, 0.29) is 36.6 Å². The first kappa shape index (κ1) is 40.5. The second kappa shape index (κ2) is 16.7. The molecule has 8 aliphatic rings. The van der Waals surface area contributed by atoms with Gasteiger partial charge in [-0.3, -0.25) is 4.79 Å². The van der Waals surface area contributed by atoms with Crippen LogP contribution in [0.4, 0.5) is 0 Å². The summed E-state index contributed by atoms with van der Waals surface area (Å²) in [6.07, 6.45) is 24.1. The van der Waals surface area contributed by atoms with E-state index in [1.165, 1.54) is 96.4 Å². The van der Waals surface area contributed by atoms with E-state index in [0.29, 0.717) is 30.1 Å². The zero-order chi connectivity index (χ0) is 38.4. The fourth-order valence-corrected chi connectivity index (χ4v) is 15.5. The predicted molar refractivity (Wildman–Crippen MR) is 217 cm³/mol. The monoisotopic (exact) mass is 764 g/mol. The third-order valence-corrected chi connectivity index (χ3v) is 18.1. The minimum absolute atomic E-state index is 0.0975. The summed E-state index contributed by atoms with van der Waals surface area (Å²) in [6, 6.07) is 0. The fraction of sp³-hybridized carbons (Fsp3) is 0.915. The number of β-amino-alcohol motifs (C(OH)–C–C–N with tert-alkyl or cyclic N) is 1. The van der Waals surface area contributed by atoms with Gasteiger partial charge >= 0.3 is 5.97 Å². The van der Waals surface area contributed by atoms with Gasteiger partial charge in [-0.2, -0.15) is 0 Å². The van der Waals surface area contributed by atoms with E-state index < -0.39 is 22.2 Å². The molecular weight excluding hydrogens is 687 g/mol. The largest absolute Gasteiger partial charge is 0.481 e. The van der Waals surface area contributed by atoms with E-state index in [2.05, 4.69) is 42.0 Å². The molecule has 0 radical (unpaired) electrons. The van der Waals surface area contributed by atoms with Crippen LogP contribution < -0.4 is 5.32 Å². The maximum Gasteiger partial charge on any atom is 0.315 e. The third kappa shape index (κ3) is 6.84. The third-order valence-electron chi connectivity index (χ3n) is 18.1.